The number of nitrogens with two attached hydrogens (primary N) is 1. The first kappa shape index (κ1) is 14.6. The lowest BCUT2D eigenvalue weighted by Gasteiger charge is -2.34. The monoisotopic (exact) mass is 258 g/mol. The SMILES string of the molecule is COCO[C@@H]1C=C(C(=O)O)C[C@H](N)[C@H]1NC(C)=O. The molecule has 0 aliphatic heterocycles. The molecule has 1 rings (SSSR count). The van der Waals surface area contributed by atoms with E-state index in [9.17, 15) is 9.59 Å². The van der Waals surface area contributed by atoms with Crippen molar-refractivity contribution in [1.82, 2.24) is 5.32 Å². The normalized spacial score (nSPS) is 27.5. The maximum Gasteiger partial charge on any atom is 0.331 e. The van der Waals surface area contributed by atoms with Gasteiger partial charge in [-0.2, -0.15) is 0 Å². The molecule has 7 heteroatoms. The van der Waals surface area contributed by atoms with Crippen molar-refractivity contribution < 1.29 is 24.2 Å². The van der Waals surface area contributed by atoms with Crippen LogP contribution in [-0.2, 0) is 19.1 Å². The summed E-state index contributed by atoms with van der Waals surface area (Å²) >= 11 is 0. The summed E-state index contributed by atoms with van der Waals surface area (Å²) in [7, 11) is 1.46. The van der Waals surface area contributed by atoms with Crippen LogP contribution in [0.2, 0.25) is 0 Å². The molecule has 0 aromatic rings. The molecular weight excluding hydrogens is 240 g/mol. The first-order valence-corrected chi connectivity index (χ1v) is 5.53. The van der Waals surface area contributed by atoms with Crippen LogP contribution in [0, 0.1) is 0 Å². The van der Waals surface area contributed by atoms with E-state index in [2.05, 4.69) is 5.32 Å². The molecule has 0 aromatic heterocycles. The zero-order chi connectivity index (χ0) is 13.7. The van der Waals surface area contributed by atoms with Gasteiger partial charge >= 0.3 is 5.97 Å². The highest BCUT2D eigenvalue weighted by atomic mass is 16.7. The molecule has 0 saturated heterocycles. The van der Waals surface area contributed by atoms with Gasteiger partial charge in [-0.1, -0.05) is 0 Å². The number of rotatable bonds is 5. The summed E-state index contributed by atoms with van der Waals surface area (Å²) in [6.45, 7) is 1.37. The molecule has 1 amide bonds. The highest BCUT2D eigenvalue weighted by molar-refractivity contribution is 5.87. The molecule has 102 valence electrons. The van der Waals surface area contributed by atoms with Crippen LogP contribution in [0.3, 0.4) is 0 Å². The fraction of sp³-hybridized carbons (Fsp3) is 0.636. The van der Waals surface area contributed by atoms with Gasteiger partial charge in [0.25, 0.3) is 0 Å². The molecule has 0 fully saturated rings. The van der Waals surface area contributed by atoms with Crippen molar-refractivity contribution in [2.45, 2.75) is 31.5 Å². The molecule has 0 saturated carbocycles. The Morgan fingerprint density at radius 3 is 2.78 bits per heavy atom. The number of hydrogen-bond donors (Lipinski definition) is 3. The summed E-state index contributed by atoms with van der Waals surface area (Å²) in [5, 5.41) is 11.6. The fourth-order valence-electron chi connectivity index (χ4n) is 1.88. The van der Waals surface area contributed by atoms with Crippen LogP contribution in [0.1, 0.15) is 13.3 Å². The van der Waals surface area contributed by atoms with Crippen molar-refractivity contribution in [2.24, 2.45) is 5.73 Å². The number of amides is 1. The van der Waals surface area contributed by atoms with Crippen molar-refractivity contribution in [3.05, 3.63) is 11.6 Å². The molecule has 0 unspecified atom stereocenters. The predicted octanol–water partition coefficient (Wildman–Crippen LogP) is -0.778. The van der Waals surface area contributed by atoms with E-state index in [0.29, 0.717) is 0 Å². The summed E-state index contributed by atoms with van der Waals surface area (Å²) in [5.74, 6) is -1.27. The zero-order valence-electron chi connectivity index (χ0n) is 10.4. The van der Waals surface area contributed by atoms with E-state index < -0.39 is 24.2 Å². The van der Waals surface area contributed by atoms with E-state index in [4.69, 9.17) is 20.3 Å². The Morgan fingerprint density at radius 2 is 2.28 bits per heavy atom. The smallest absolute Gasteiger partial charge is 0.331 e. The molecule has 1 aliphatic carbocycles. The third-order valence-corrected chi connectivity index (χ3v) is 2.66. The minimum Gasteiger partial charge on any atom is -0.478 e. The van der Waals surface area contributed by atoms with Crippen LogP contribution in [0.5, 0.6) is 0 Å². The van der Waals surface area contributed by atoms with Crippen LogP contribution in [0.4, 0.5) is 0 Å². The first-order valence-electron chi connectivity index (χ1n) is 5.53. The second-order valence-corrected chi connectivity index (χ2v) is 4.13. The molecule has 4 N–H and O–H groups in total. The standard InChI is InChI=1S/C11H18N2O5/c1-6(14)13-10-8(12)3-7(11(15)16)4-9(10)18-5-17-2/h4,8-10H,3,5,12H2,1-2H3,(H,13,14)(H,15,16)/t8-,9+,10+/m0/s1. The van der Waals surface area contributed by atoms with Gasteiger partial charge in [0, 0.05) is 25.6 Å². The average Bonchev–Trinajstić information content (AvgIpc) is 2.28. The van der Waals surface area contributed by atoms with Gasteiger partial charge in [0.2, 0.25) is 5.91 Å². The van der Waals surface area contributed by atoms with Crippen molar-refractivity contribution in [2.75, 3.05) is 13.9 Å². The lowest BCUT2D eigenvalue weighted by molar-refractivity contribution is -0.133. The van der Waals surface area contributed by atoms with Gasteiger partial charge in [-0.15, -0.1) is 0 Å². The lowest BCUT2D eigenvalue weighted by Crippen LogP contribution is -2.56. The van der Waals surface area contributed by atoms with Crippen LogP contribution in [-0.4, -0.2) is 49.1 Å². The number of hydrogen-bond acceptors (Lipinski definition) is 5. The number of carboxylic acid groups (broad SMARTS) is 1. The summed E-state index contributed by atoms with van der Waals surface area (Å²) in [4.78, 5) is 22.1. The third-order valence-electron chi connectivity index (χ3n) is 2.66. The Kier molecular flexibility index (Phi) is 5.26. The second kappa shape index (κ2) is 6.48. The Morgan fingerprint density at radius 1 is 1.61 bits per heavy atom. The molecule has 0 aromatic carbocycles. The predicted molar refractivity (Wildman–Crippen MR) is 62.7 cm³/mol. The van der Waals surface area contributed by atoms with Crippen molar-refractivity contribution in [3.8, 4) is 0 Å². The Hall–Kier alpha value is -1.44. The third kappa shape index (κ3) is 3.80. The van der Waals surface area contributed by atoms with E-state index in [1.165, 1.54) is 20.1 Å². The zero-order valence-corrected chi connectivity index (χ0v) is 10.4. The van der Waals surface area contributed by atoms with Crippen LogP contribution >= 0.6 is 0 Å². The molecule has 1 aliphatic rings. The van der Waals surface area contributed by atoms with E-state index in [1.54, 1.807) is 0 Å². The summed E-state index contributed by atoms with van der Waals surface area (Å²) in [6.07, 6.45) is 1.04. The van der Waals surface area contributed by atoms with Gasteiger partial charge < -0.3 is 25.6 Å². The number of carbonyl (C=O) groups excluding carboxylic acids is 1. The molecule has 0 bridgehead atoms. The first-order chi connectivity index (χ1) is 8.45. The van der Waals surface area contributed by atoms with E-state index in [1.807, 2.05) is 0 Å². The molecule has 3 atom stereocenters. The van der Waals surface area contributed by atoms with Gasteiger partial charge in [0.05, 0.1) is 6.04 Å². The fourth-order valence-corrected chi connectivity index (χ4v) is 1.88. The number of carbonyl (C=O) groups is 2. The number of aliphatic carboxylic acids is 1. The summed E-state index contributed by atoms with van der Waals surface area (Å²) < 4.78 is 10.1. The Labute approximate surface area is 105 Å². The van der Waals surface area contributed by atoms with Crippen LogP contribution < -0.4 is 11.1 Å². The van der Waals surface area contributed by atoms with Crippen molar-refractivity contribution in [3.63, 3.8) is 0 Å². The van der Waals surface area contributed by atoms with E-state index in [-0.39, 0.29) is 24.7 Å². The quantitative estimate of drug-likeness (QED) is 0.558. The minimum atomic E-state index is -1.03. The van der Waals surface area contributed by atoms with E-state index in [0.717, 1.165) is 0 Å². The van der Waals surface area contributed by atoms with Gasteiger partial charge in [-0.25, -0.2) is 4.79 Å². The largest absolute Gasteiger partial charge is 0.478 e. The number of ether oxygens (including phenoxy) is 2. The van der Waals surface area contributed by atoms with Crippen LogP contribution in [0.25, 0.3) is 0 Å². The van der Waals surface area contributed by atoms with E-state index >= 15 is 0 Å². The number of methoxy groups -OCH3 is 1. The molecule has 18 heavy (non-hydrogen) atoms. The summed E-state index contributed by atoms with van der Waals surface area (Å²) in [6, 6.07) is -0.965. The summed E-state index contributed by atoms with van der Waals surface area (Å²) in [5.41, 5.74) is 6.06. The van der Waals surface area contributed by atoms with Gasteiger partial charge in [0.15, 0.2) is 0 Å². The van der Waals surface area contributed by atoms with Gasteiger partial charge in [-0.3, -0.25) is 4.79 Å². The maximum absolute atomic E-state index is 11.1. The van der Waals surface area contributed by atoms with Gasteiger partial charge in [-0.05, 0) is 12.5 Å². The molecule has 0 heterocycles. The number of carboxylic acids is 1. The molecule has 0 radical (unpaired) electrons. The van der Waals surface area contributed by atoms with Gasteiger partial charge in [0.1, 0.15) is 12.9 Å². The number of nitrogens with one attached hydrogen (secondary N) is 1. The highest BCUT2D eigenvalue weighted by Crippen LogP contribution is 2.20. The Balaban J connectivity index is 2.87. The molecule has 0 spiro atoms. The van der Waals surface area contributed by atoms with Crippen molar-refractivity contribution in [1.29, 1.82) is 0 Å². The average molecular weight is 258 g/mol. The topological polar surface area (TPSA) is 111 Å². The molecule has 7 nitrogen and oxygen atoms in total. The Bertz CT molecular complexity index is 355. The van der Waals surface area contributed by atoms with Crippen molar-refractivity contribution >= 4 is 11.9 Å². The second-order valence-electron chi connectivity index (χ2n) is 4.13. The minimum absolute atomic E-state index is 0.00310. The maximum atomic E-state index is 11.1. The lowest BCUT2D eigenvalue weighted by atomic mass is 9.88. The molecular formula is C11H18N2O5. The highest BCUT2D eigenvalue weighted by Gasteiger charge is 2.34. The van der Waals surface area contributed by atoms with Crippen LogP contribution in [0.15, 0.2) is 11.6 Å².